The predicted octanol–water partition coefficient (Wildman–Crippen LogP) is 0.927. The summed E-state index contributed by atoms with van der Waals surface area (Å²) >= 11 is 0. The third-order valence-electron chi connectivity index (χ3n) is 4.40. The van der Waals surface area contributed by atoms with Gasteiger partial charge in [-0.1, -0.05) is 6.07 Å². The molecule has 2 heterocycles. The molecule has 3 aromatic rings. The molecule has 0 atom stereocenters. The zero-order valence-corrected chi connectivity index (χ0v) is 14.1. The van der Waals surface area contributed by atoms with Crippen LogP contribution in [0.1, 0.15) is 32.1 Å². The summed E-state index contributed by atoms with van der Waals surface area (Å²) in [6, 6.07) is 10.0. The minimum Gasteiger partial charge on any atom is -0.351 e. The second kappa shape index (κ2) is 5.89. The standard InChI is InChI=1S/C19H16N4O3/c1-10-2-4-12-14(8-10)22-17-16(24)13-9-11(18(25)21-7-6-20)3-5-15(13)23(17)19(12)26/h2-5,8-9H,6-7,20H2,1H3,(H,21,25). The van der Waals surface area contributed by atoms with Crippen molar-refractivity contribution >= 4 is 22.6 Å². The quantitative estimate of drug-likeness (QED) is 0.573. The molecule has 0 aliphatic carbocycles. The number of fused-ring (bicyclic) bond motifs is 4. The van der Waals surface area contributed by atoms with E-state index in [1.807, 2.05) is 13.0 Å². The molecule has 2 aromatic carbocycles. The van der Waals surface area contributed by atoms with E-state index in [1.165, 1.54) is 10.6 Å². The molecule has 4 rings (SSSR count). The van der Waals surface area contributed by atoms with E-state index in [-0.39, 0.29) is 23.1 Å². The Labute approximate surface area is 148 Å². The van der Waals surface area contributed by atoms with Crippen molar-refractivity contribution in [3.05, 3.63) is 69.3 Å². The smallest absolute Gasteiger partial charge is 0.266 e. The molecule has 0 spiro atoms. The number of ketones is 1. The Morgan fingerprint density at radius 1 is 1.19 bits per heavy atom. The zero-order chi connectivity index (χ0) is 18.4. The maximum Gasteiger partial charge on any atom is 0.266 e. The maximum absolute atomic E-state index is 12.9. The van der Waals surface area contributed by atoms with Crippen LogP contribution in [-0.4, -0.2) is 34.3 Å². The van der Waals surface area contributed by atoms with E-state index < -0.39 is 0 Å². The number of carbonyl (C=O) groups excluding carboxylic acids is 2. The Morgan fingerprint density at radius 3 is 2.77 bits per heavy atom. The SMILES string of the molecule is Cc1ccc2c(=O)n3c(nc2c1)C(=O)c1cc(C(=O)NCCN)ccc1-3. The molecule has 1 aliphatic rings. The van der Waals surface area contributed by atoms with Gasteiger partial charge in [-0.25, -0.2) is 4.98 Å². The summed E-state index contributed by atoms with van der Waals surface area (Å²) in [6.07, 6.45) is 0. The van der Waals surface area contributed by atoms with Gasteiger partial charge in [0.1, 0.15) is 0 Å². The van der Waals surface area contributed by atoms with Gasteiger partial charge in [-0.2, -0.15) is 0 Å². The molecule has 1 aromatic heterocycles. The highest BCUT2D eigenvalue weighted by Gasteiger charge is 2.31. The summed E-state index contributed by atoms with van der Waals surface area (Å²) < 4.78 is 1.32. The van der Waals surface area contributed by atoms with Crippen molar-refractivity contribution < 1.29 is 9.59 Å². The number of nitrogens with two attached hydrogens (primary N) is 1. The fourth-order valence-corrected chi connectivity index (χ4v) is 3.13. The molecule has 1 amide bonds. The number of nitrogens with zero attached hydrogens (tertiary/aromatic N) is 2. The first-order valence-electron chi connectivity index (χ1n) is 8.22. The van der Waals surface area contributed by atoms with Crippen LogP contribution in [0, 0.1) is 6.92 Å². The van der Waals surface area contributed by atoms with E-state index in [4.69, 9.17) is 5.73 Å². The topological polar surface area (TPSA) is 107 Å². The minimum absolute atomic E-state index is 0.0719. The van der Waals surface area contributed by atoms with Crippen molar-refractivity contribution in [2.75, 3.05) is 13.1 Å². The normalized spacial score (nSPS) is 12.2. The van der Waals surface area contributed by atoms with Crippen molar-refractivity contribution in [2.45, 2.75) is 6.92 Å². The van der Waals surface area contributed by atoms with Gasteiger partial charge in [0.05, 0.1) is 22.2 Å². The van der Waals surface area contributed by atoms with Gasteiger partial charge in [-0.3, -0.25) is 19.0 Å². The van der Waals surface area contributed by atoms with Gasteiger partial charge >= 0.3 is 0 Å². The number of rotatable bonds is 3. The van der Waals surface area contributed by atoms with E-state index in [1.54, 1.807) is 24.3 Å². The Morgan fingerprint density at radius 2 is 2.00 bits per heavy atom. The maximum atomic E-state index is 12.9. The molecule has 7 heteroatoms. The van der Waals surface area contributed by atoms with E-state index in [0.717, 1.165) is 5.56 Å². The summed E-state index contributed by atoms with van der Waals surface area (Å²) in [6.45, 7) is 2.57. The fourth-order valence-electron chi connectivity index (χ4n) is 3.13. The van der Waals surface area contributed by atoms with Gasteiger partial charge in [0.2, 0.25) is 5.78 Å². The minimum atomic E-state index is -0.367. The number of amides is 1. The van der Waals surface area contributed by atoms with Crippen LogP contribution >= 0.6 is 0 Å². The number of aryl methyl sites for hydroxylation is 1. The lowest BCUT2D eigenvalue weighted by Crippen LogP contribution is -2.29. The second-order valence-electron chi connectivity index (χ2n) is 6.20. The lowest BCUT2D eigenvalue weighted by molar-refractivity contribution is 0.0954. The van der Waals surface area contributed by atoms with Crippen molar-refractivity contribution in [2.24, 2.45) is 5.73 Å². The number of aromatic nitrogens is 2. The highest BCUT2D eigenvalue weighted by molar-refractivity contribution is 6.14. The van der Waals surface area contributed by atoms with E-state index >= 15 is 0 Å². The third-order valence-corrected chi connectivity index (χ3v) is 4.40. The number of benzene rings is 2. The summed E-state index contributed by atoms with van der Waals surface area (Å²) in [5.41, 5.74) is 7.61. The largest absolute Gasteiger partial charge is 0.351 e. The van der Waals surface area contributed by atoms with E-state index in [9.17, 15) is 14.4 Å². The van der Waals surface area contributed by atoms with Crippen molar-refractivity contribution in [1.82, 2.24) is 14.9 Å². The molecule has 1 aliphatic heterocycles. The first-order valence-corrected chi connectivity index (χ1v) is 8.22. The van der Waals surface area contributed by atoms with Gasteiger partial charge in [-0.15, -0.1) is 0 Å². The average molecular weight is 348 g/mol. The van der Waals surface area contributed by atoms with Crippen LogP contribution in [0.5, 0.6) is 0 Å². The summed E-state index contributed by atoms with van der Waals surface area (Å²) in [4.78, 5) is 42.2. The van der Waals surface area contributed by atoms with Crippen molar-refractivity contribution in [1.29, 1.82) is 0 Å². The van der Waals surface area contributed by atoms with Crippen LogP contribution in [0.2, 0.25) is 0 Å². The molecule has 26 heavy (non-hydrogen) atoms. The Kier molecular flexibility index (Phi) is 3.66. The van der Waals surface area contributed by atoms with Crippen LogP contribution in [0.25, 0.3) is 16.6 Å². The van der Waals surface area contributed by atoms with Crippen LogP contribution in [-0.2, 0) is 0 Å². The molecule has 0 radical (unpaired) electrons. The monoisotopic (exact) mass is 348 g/mol. The lowest BCUT2D eigenvalue weighted by Gasteiger charge is -2.07. The summed E-state index contributed by atoms with van der Waals surface area (Å²) in [5, 5.41) is 3.11. The van der Waals surface area contributed by atoms with E-state index in [0.29, 0.717) is 40.8 Å². The number of hydrogen-bond donors (Lipinski definition) is 2. The molecular weight excluding hydrogens is 332 g/mol. The predicted molar refractivity (Wildman–Crippen MR) is 96.9 cm³/mol. The lowest BCUT2D eigenvalue weighted by atomic mass is 10.1. The van der Waals surface area contributed by atoms with Gasteiger partial charge in [-0.05, 0) is 42.8 Å². The molecule has 0 bridgehead atoms. The molecular formula is C19H16N4O3. The third kappa shape index (κ3) is 2.33. The average Bonchev–Trinajstić information content (AvgIpc) is 2.91. The Bertz CT molecular complexity index is 1150. The highest BCUT2D eigenvalue weighted by Crippen LogP contribution is 2.27. The molecule has 0 fully saturated rings. The van der Waals surface area contributed by atoms with Gasteiger partial charge < -0.3 is 11.1 Å². The molecule has 0 saturated carbocycles. The van der Waals surface area contributed by atoms with Gasteiger partial charge in [0, 0.05) is 18.7 Å². The Balaban J connectivity index is 1.88. The van der Waals surface area contributed by atoms with Gasteiger partial charge in [0.15, 0.2) is 5.82 Å². The summed E-state index contributed by atoms with van der Waals surface area (Å²) in [7, 11) is 0. The number of nitrogens with one attached hydrogen (secondary N) is 1. The van der Waals surface area contributed by atoms with Crippen LogP contribution in [0.15, 0.2) is 41.2 Å². The summed E-state index contributed by atoms with van der Waals surface area (Å²) in [5.74, 6) is -0.611. The number of carbonyl (C=O) groups is 2. The molecule has 7 nitrogen and oxygen atoms in total. The first kappa shape index (κ1) is 16.2. The molecule has 0 unspecified atom stereocenters. The molecule has 130 valence electrons. The van der Waals surface area contributed by atoms with Crippen LogP contribution in [0.3, 0.4) is 0 Å². The molecule has 0 saturated heterocycles. The Hall–Kier alpha value is -3.32. The highest BCUT2D eigenvalue weighted by atomic mass is 16.2. The van der Waals surface area contributed by atoms with Crippen LogP contribution < -0.4 is 16.6 Å². The fraction of sp³-hybridized carbons (Fsp3) is 0.158. The first-order chi connectivity index (χ1) is 12.5. The van der Waals surface area contributed by atoms with Crippen molar-refractivity contribution in [3.8, 4) is 5.69 Å². The second-order valence-corrected chi connectivity index (χ2v) is 6.20. The van der Waals surface area contributed by atoms with Gasteiger partial charge in [0.25, 0.3) is 11.5 Å². The van der Waals surface area contributed by atoms with Crippen molar-refractivity contribution in [3.63, 3.8) is 0 Å². The zero-order valence-electron chi connectivity index (χ0n) is 14.1. The molecule has 3 N–H and O–H groups in total. The van der Waals surface area contributed by atoms with Crippen LogP contribution in [0.4, 0.5) is 0 Å². The number of hydrogen-bond acceptors (Lipinski definition) is 5. The van der Waals surface area contributed by atoms with E-state index in [2.05, 4.69) is 10.3 Å².